The summed E-state index contributed by atoms with van der Waals surface area (Å²) < 4.78 is 19.4. The Kier molecular flexibility index (Phi) is 6.50. The molecule has 1 nitrogen and oxygen atoms in total. The first-order valence-corrected chi connectivity index (χ1v) is 8.46. The van der Waals surface area contributed by atoms with E-state index in [0.29, 0.717) is 6.61 Å². The minimum absolute atomic E-state index is 0.185. The lowest BCUT2D eigenvalue weighted by Gasteiger charge is -2.22. The van der Waals surface area contributed by atoms with Crippen molar-refractivity contribution in [1.82, 2.24) is 0 Å². The third kappa shape index (κ3) is 4.13. The van der Waals surface area contributed by atoms with Crippen molar-refractivity contribution in [3.63, 3.8) is 0 Å². The molecule has 2 rings (SSSR count). The summed E-state index contributed by atoms with van der Waals surface area (Å²) in [6, 6.07) is 3.56. The van der Waals surface area contributed by atoms with Crippen LogP contribution in [0.5, 0.6) is 5.75 Å². The summed E-state index contributed by atoms with van der Waals surface area (Å²) in [5.41, 5.74) is 1.98. The Labute approximate surface area is 137 Å². The minimum Gasteiger partial charge on any atom is -0.491 e. The predicted octanol–water partition coefficient (Wildman–Crippen LogP) is 6.42. The fourth-order valence-corrected chi connectivity index (χ4v) is 3.22. The average Bonchev–Trinajstić information content (AvgIpc) is 2.53. The highest BCUT2D eigenvalue weighted by Gasteiger charge is 2.19. The van der Waals surface area contributed by atoms with Gasteiger partial charge in [0.1, 0.15) is 0 Å². The summed E-state index contributed by atoms with van der Waals surface area (Å²) in [7, 11) is 0. The van der Waals surface area contributed by atoms with Crippen LogP contribution in [-0.2, 0) is 0 Å². The Hall–Kier alpha value is -1.28. The monoisotopic (exact) mass is 322 g/mol. The molecule has 0 saturated heterocycles. The molecule has 0 aliphatic heterocycles. The van der Waals surface area contributed by atoms with Crippen molar-refractivity contribution in [1.29, 1.82) is 0 Å². The number of ether oxygens (including phenoxy) is 1. The average molecular weight is 323 g/mol. The van der Waals surface area contributed by atoms with Gasteiger partial charge in [0.2, 0.25) is 0 Å². The number of halogens is 2. The highest BCUT2D eigenvalue weighted by Crippen LogP contribution is 2.38. The number of hydrogen-bond donors (Lipinski definition) is 0. The van der Waals surface area contributed by atoms with E-state index in [1.165, 1.54) is 6.42 Å². The highest BCUT2D eigenvalue weighted by atomic mass is 35.5. The molecule has 0 amide bonds. The molecule has 0 aromatic heterocycles. The van der Waals surface area contributed by atoms with Gasteiger partial charge < -0.3 is 4.74 Å². The summed E-state index contributed by atoms with van der Waals surface area (Å²) in [5.74, 6) is 0.514. The van der Waals surface area contributed by atoms with Crippen LogP contribution in [0.1, 0.15) is 51.5 Å². The van der Waals surface area contributed by atoms with Crippen molar-refractivity contribution < 1.29 is 9.13 Å². The van der Waals surface area contributed by atoms with Gasteiger partial charge >= 0.3 is 0 Å². The molecule has 22 heavy (non-hydrogen) atoms. The predicted molar refractivity (Wildman–Crippen MR) is 91.9 cm³/mol. The second kappa shape index (κ2) is 8.38. The van der Waals surface area contributed by atoms with E-state index in [2.05, 4.69) is 25.2 Å². The van der Waals surface area contributed by atoms with Gasteiger partial charge in [0.05, 0.1) is 11.6 Å². The summed E-state index contributed by atoms with van der Waals surface area (Å²) in [4.78, 5) is 0. The molecule has 0 radical (unpaired) electrons. The molecular weight excluding hydrogens is 299 g/mol. The van der Waals surface area contributed by atoms with Crippen LogP contribution in [0.4, 0.5) is 4.39 Å². The van der Waals surface area contributed by atoms with Gasteiger partial charge in [0.25, 0.3) is 0 Å². The quantitative estimate of drug-likeness (QED) is 0.549. The molecule has 1 aromatic carbocycles. The molecule has 0 spiro atoms. The first-order chi connectivity index (χ1) is 10.7. The molecule has 1 aromatic rings. The van der Waals surface area contributed by atoms with E-state index < -0.39 is 5.82 Å². The van der Waals surface area contributed by atoms with Crippen molar-refractivity contribution in [3.05, 3.63) is 46.8 Å². The van der Waals surface area contributed by atoms with Crippen molar-refractivity contribution in [2.75, 3.05) is 6.61 Å². The first-order valence-electron chi connectivity index (χ1n) is 8.08. The van der Waals surface area contributed by atoms with E-state index in [0.717, 1.165) is 42.7 Å². The van der Waals surface area contributed by atoms with Crippen LogP contribution in [0.2, 0.25) is 5.02 Å². The van der Waals surface area contributed by atoms with Gasteiger partial charge in [-0.2, -0.15) is 0 Å². The number of rotatable bonds is 6. The molecule has 0 N–H and O–H groups in total. The molecular formula is C19H24ClFO. The Balaban J connectivity index is 2.08. The number of allylic oxidation sites excluding steroid dienone is 4. The maximum absolute atomic E-state index is 14.2. The first kappa shape index (κ1) is 17.1. The normalized spacial score (nSPS) is 18.5. The Morgan fingerprint density at radius 3 is 2.86 bits per heavy atom. The van der Waals surface area contributed by atoms with Crippen LogP contribution in [0.3, 0.4) is 0 Å². The van der Waals surface area contributed by atoms with Crippen molar-refractivity contribution >= 4 is 17.2 Å². The Morgan fingerprint density at radius 2 is 2.23 bits per heavy atom. The van der Waals surface area contributed by atoms with Gasteiger partial charge in [-0.1, -0.05) is 29.8 Å². The van der Waals surface area contributed by atoms with E-state index in [1.807, 2.05) is 13.0 Å². The molecule has 1 aliphatic carbocycles. The SMILES string of the molecule is C/C=C/CCC1CC=C(c2ccc(OCC)c(F)c2Cl)CC1. The Bertz CT molecular complexity index is 563. The lowest BCUT2D eigenvalue weighted by Crippen LogP contribution is -2.06. The fourth-order valence-electron chi connectivity index (χ4n) is 2.94. The number of hydrogen-bond acceptors (Lipinski definition) is 1. The molecule has 1 atom stereocenters. The zero-order valence-corrected chi connectivity index (χ0v) is 14.1. The van der Waals surface area contributed by atoms with E-state index in [1.54, 1.807) is 6.07 Å². The van der Waals surface area contributed by atoms with Crippen LogP contribution in [0.25, 0.3) is 5.57 Å². The zero-order valence-electron chi connectivity index (χ0n) is 13.4. The van der Waals surface area contributed by atoms with E-state index in [4.69, 9.17) is 16.3 Å². The molecule has 0 bridgehead atoms. The minimum atomic E-state index is -0.447. The van der Waals surface area contributed by atoms with Crippen LogP contribution >= 0.6 is 11.6 Å². The van der Waals surface area contributed by atoms with Crippen molar-refractivity contribution in [2.45, 2.75) is 46.0 Å². The highest BCUT2D eigenvalue weighted by molar-refractivity contribution is 6.32. The maximum Gasteiger partial charge on any atom is 0.184 e. The van der Waals surface area contributed by atoms with Gasteiger partial charge in [-0.15, -0.1) is 0 Å². The molecule has 120 valence electrons. The van der Waals surface area contributed by atoms with Gasteiger partial charge in [0, 0.05) is 0 Å². The standard InChI is InChI=1S/C19H24ClFO/c1-3-5-6-7-14-8-10-15(11-9-14)16-12-13-17(22-4-2)19(21)18(16)20/h3,5,10,12-14H,4,6-9,11H2,1-2H3/b5-3+. The largest absolute Gasteiger partial charge is 0.491 e. The number of benzene rings is 1. The summed E-state index contributed by atoms with van der Waals surface area (Å²) in [5, 5.41) is 0.185. The van der Waals surface area contributed by atoms with Crippen molar-refractivity contribution in [2.24, 2.45) is 5.92 Å². The van der Waals surface area contributed by atoms with Crippen molar-refractivity contribution in [3.8, 4) is 5.75 Å². The van der Waals surface area contributed by atoms with Crippen LogP contribution < -0.4 is 4.74 Å². The van der Waals surface area contributed by atoms with Gasteiger partial charge in [-0.05, 0) is 75.1 Å². The van der Waals surface area contributed by atoms with Crippen LogP contribution in [0.15, 0.2) is 30.4 Å². The van der Waals surface area contributed by atoms with Gasteiger partial charge in [0.15, 0.2) is 11.6 Å². The molecule has 0 heterocycles. The fraction of sp³-hybridized carbons (Fsp3) is 0.474. The molecule has 0 saturated carbocycles. The molecule has 0 fully saturated rings. The van der Waals surface area contributed by atoms with E-state index in [9.17, 15) is 4.39 Å². The maximum atomic E-state index is 14.2. The van der Waals surface area contributed by atoms with E-state index >= 15 is 0 Å². The topological polar surface area (TPSA) is 9.23 Å². The van der Waals surface area contributed by atoms with Gasteiger partial charge in [-0.3, -0.25) is 0 Å². The summed E-state index contributed by atoms with van der Waals surface area (Å²) >= 11 is 6.20. The molecule has 1 aliphatic rings. The van der Waals surface area contributed by atoms with Crippen LogP contribution in [-0.4, -0.2) is 6.61 Å². The molecule has 3 heteroatoms. The third-order valence-electron chi connectivity index (χ3n) is 4.19. The van der Waals surface area contributed by atoms with E-state index in [-0.39, 0.29) is 10.8 Å². The lowest BCUT2D eigenvalue weighted by atomic mass is 9.84. The summed E-state index contributed by atoms with van der Waals surface area (Å²) in [6.45, 7) is 4.32. The summed E-state index contributed by atoms with van der Waals surface area (Å²) in [6.07, 6.45) is 12.1. The smallest absolute Gasteiger partial charge is 0.184 e. The Morgan fingerprint density at radius 1 is 1.41 bits per heavy atom. The zero-order chi connectivity index (χ0) is 15.9. The van der Waals surface area contributed by atoms with Gasteiger partial charge in [-0.25, -0.2) is 4.39 Å². The second-order valence-electron chi connectivity index (χ2n) is 5.69. The van der Waals surface area contributed by atoms with Crippen LogP contribution in [0, 0.1) is 11.7 Å². The second-order valence-corrected chi connectivity index (χ2v) is 6.07. The molecule has 1 unspecified atom stereocenters. The third-order valence-corrected chi connectivity index (χ3v) is 4.56. The lowest BCUT2D eigenvalue weighted by molar-refractivity contribution is 0.321.